The minimum absolute atomic E-state index is 0.375. The van der Waals surface area contributed by atoms with Crippen molar-refractivity contribution in [1.82, 2.24) is 0 Å². The van der Waals surface area contributed by atoms with E-state index in [-0.39, 0.29) is 0 Å². The molecule has 232 valence electrons. The second-order valence-corrected chi connectivity index (χ2v) is 7.15. The Morgan fingerprint density at radius 2 is 0.667 bits per heavy atom. The van der Waals surface area contributed by atoms with Crippen molar-refractivity contribution < 1.29 is 19.4 Å². The molecule has 4 rings (SSSR count). The fourth-order valence-corrected chi connectivity index (χ4v) is 2.85. The molecule has 0 spiro atoms. The van der Waals surface area contributed by atoms with E-state index in [0.717, 1.165) is 19.8 Å². The summed E-state index contributed by atoms with van der Waals surface area (Å²) in [5.41, 5.74) is 5.48. The minimum atomic E-state index is -0.833. The van der Waals surface area contributed by atoms with Crippen LogP contribution in [0, 0.1) is 0 Å². The van der Waals surface area contributed by atoms with Crippen molar-refractivity contribution in [3.8, 4) is 0 Å². The molecule has 0 fully saturated rings. The highest BCUT2D eigenvalue weighted by Crippen LogP contribution is 2.08. The summed E-state index contributed by atoms with van der Waals surface area (Å²) in [4.78, 5) is 18.0. The Balaban J connectivity index is -0.000000232. The van der Waals surface area contributed by atoms with Gasteiger partial charge in [-0.2, -0.15) is 0 Å². The minimum Gasteiger partial charge on any atom is -0.481 e. The lowest BCUT2D eigenvalue weighted by molar-refractivity contribution is -0.134. The number of rotatable bonds is 5. The molecular formula is C38H56O4. The summed E-state index contributed by atoms with van der Waals surface area (Å²) in [5.74, 6) is -0.833. The largest absolute Gasteiger partial charge is 0.481 e. The predicted octanol–water partition coefficient (Wildman–Crippen LogP) is 10.5. The first-order valence-electron chi connectivity index (χ1n) is 14.9. The maximum absolute atomic E-state index is 9.00. The van der Waals surface area contributed by atoms with Gasteiger partial charge in [0, 0.05) is 6.92 Å². The Morgan fingerprint density at radius 1 is 0.524 bits per heavy atom. The van der Waals surface area contributed by atoms with E-state index >= 15 is 0 Å². The van der Waals surface area contributed by atoms with Gasteiger partial charge in [-0.15, -0.1) is 0 Å². The lowest BCUT2D eigenvalue weighted by Gasteiger charge is -2.00. The number of methoxy groups -OCH3 is 1. The quantitative estimate of drug-likeness (QED) is 0.240. The molecule has 0 unspecified atom stereocenters. The summed E-state index contributed by atoms with van der Waals surface area (Å²) >= 11 is 0. The molecule has 0 amide bonds. The molecular weight excluding hydrogens is 520 g/mol. The zero-order valence-electron chi connectivity index (χ0n) is 27.7. The number of carboxylic acids is 1. The summed E-state index contributed by atoms with van der Waals surface area (Å²) in [6.45, 7) is 17.5. The predicted molar refractivity (Wildman–Crippen MR) is 183 cm³/mol. The molecule has 0 radical (unpaired) electrons. The van der Waals surface area contributed by atoms with Crippen LogP contribution in [0.25, 0.3) is 0 Å². The van der Waals surface area contributed by atoms with Gasteiger partial charge in [0.05, 0.1) is 7.11 Å². The molecule has 0 aliphatic carbocycles. The van der Waals surface area contributed by atoms with Gasteiger partial charge in [-0.25, -0.2) is 0 Å². The first kappa shape index (κ1) is 44.8. The molecule has 0 bridgehead atoms. The van der Waals surface area contributed by atoms with Crippen LogP contribution in [-0.4, -0.2) is 24.7 Å². The maximum Gasteiger partial charge on any atom is 0.300 e. The first-order valence-corrected chi connectivity index (χ1v) is 14.9. The zero-order valence-corrected chi connectivity index (χ0v) is 27.7. The normalized spacial score (nSPS) is 7.76. The van der Waals surface area contributed by atoms with Gasteiger partial charge in [0.25, 0.3) is 12.4 Å². The number of hydrogen-bond donors (Lipinski definition) is 1. The van der Waals surface area contributed by atoms with Gasteiger partial charge in [-0.1, -0.05) is 177 Å². The smallest absolute Gasteiger partial charge is 0.300 e. The Morgan fingerprint density at radius 3 is 0.786 bits per heavy atom. The number of carboxylic acid groups (broad SMARTS) is 1. The number of benzene rings is 4. The molecule has 42 heavy (non-hydrogen) atoms. The van der Waals surface area contributed by atoms with Crippen LogP contribution in [-0.2, 0) is 27.2 Å². The van der Waals surface area contributed by atoms with E-state index in [1.165, 1.54) is 29.4 Å². The fraction of sp³-hybridized carbons (Fsp3) is 0.316. The van der Waals surface area contributed by atoms with E-state index in [4.69, 9.17) is 14.7 Å². The molecule has 0 aliphatic heterocycles. The monoisotopic (exact) mass is 576 g/mol. The van der Waals surface area contributed by atoms with Crippen LogP contribution in [0.15, 0.2) is 121 Å². The van der Waals surface area contributed by atoms with Crippen LogP contribution in [0.3, 0.4) is 0 Å². The van der Waals surface area contributed by atoms with Crippen molar-refractivity contribution in [1.29, 1.82) is 0 Å². The summed E-state index contributed by atoms with van der Waals surface area (Å²) in [6.07, 6.45) is 2.06. The molecule has 4 aromatic carbocycles. The van der Waals surface area contributed by atoms with E-state index in [9.17, 15) is 0 Å². The third-order valence-electron chi connectivity index (χ3n) is 4.28. The van der Waals surface area contributed by atoms with E-state index in [2.05, 4.69) is 126 Å². The summed E-state index contributed by atoms with van der Waals surface area (Å²) in [7, 11) is 1.31. The average Bonchev–Trinajstić information content (AvgIpc) is 3.07. The van der Waals surface area contributed by atoms with Gasteiger partial charge in [-0.05, 0) is 35.1 Å². The molecule has 4 heteroatoms. The van der Waals surface area contributed by atoms with Crippen LogP contribution in [0.5, 0.6) is 0 Å². The Bertz CT molecular complexity index is 864. The molecule has 4 nitrogen and oxygen atoms in total. The molecule has 0 heterocycles. The van der Waals surface area contributed by atoms with Crippen molar-refractivity contribution in [3.63, 3.8) is 0 Å². The van der Waals surface area contributed by atoms with Crippen molar-refractivity contribution in [2.45, 2.75) is 75.2 Å². The van der Waals surface area contributed by atoms with Crippen LogP contribution >= 0.6 is 0 Å². The molecule has 0 aliphatic rings. The number of aliphatic carboxylic acids is 1. The number of carbonyl (C=O) groups excluding carboxylic acids is 1. The summed E-state index contributed by atoms with van der Waals surface area (Å²) < 4.78 is 3.86. The van der Waals surface area contributed by atoms with Gasteiger partial charge in [0.1, 0.15) is 0 Å². The molecule has 4 aromatic rings. The third kappa shape index (κ3) is 32.0. The number of ether oxygens (including phenoxy) is 1. The standard InChI is InChI=1S/2C13H12.2C2H4O2.4C2H6/c2*1-3-7-12(8-4-1)11-13-9-5-2-6-10-13;1-4-2-3;1-2(3)4;4*1-2/h2*1-10H,11H2;2H,1H3;1H3,(H,3,4);4*1-2H3. The molecule has 1 N–H and O–H groups in total. The van der Waals surface area contributed by atoms with Crippen LogP contribution in [0.4, 0.5) is 0 Å². The van der Waals surface area contributed by atoms with E-state index in [1.54, 1.807) is 0 Å². The van der Waals surface area contributed by atoms with E-state index in [1.807, 2.05) is 55.4 Å². The zero-order chi connectivity index (χ0) is 32.9. The van der Waals surface area contributed by atoms with Crippen LogP contribution in [0.2, 0.25) is 0 Å². The maximum atomic E-state index is 9.00. The molecule has 0 atom stereocenters. The second-order valence-electron chi connectivity index (χ2n) is 7.15. The Hall–Kier alpha value is -4.18. The molecule has 0 saturated carbocycles. The fourth-order valence-electron chi connectivity index (χ4n) is 2.85. The van der Waals surface area contributed by atoms with Crippen LogP contribution < -0.4 is 0 Å². The topological polar surface area (TPSA) is 63.6 Å². The van der Waals surface area contributed by atoms with Crippen LogP contribution in [0.1, 0.15) is 84.6 Å². The van der Waals surface area contributed by atoms with Crippen molar-refractivity contribution >= 4 is 12.4 Å². The van der Waals surface area contributed by atoms with Gasteiger partial charge in [0.15, 0.2) is 0 Å². The van der Waals surface area contributed by atoms with Crippen molar-refractivity contribution in [3.05, 3.63) is 144 Å². The number of carbonyl (C=O) groups is 2. The molecule has 0 saturated heterocycles. The van der Waals surface area contributed by atoms with Gasteiger partial charge in [0.2, 0.25) is 0 Å². The SMILES string of the molecule is CC.CC.CC.CC.CC(=O)O.COC=O.c1ccc(Cc2ccccc2)cc1.c1ccc(Cc2ccccc2)cc1. The summed E-state index contributed by atoms with van der Waals surface area (Å²) in [6, 6.07) is 42.1. The van der Waals surface area contributed by atoms with Gasteiger partial charge in [-0.3, -0.25) is 9.59 Å². The first-order chi connectivity index (χ1) is 20.5. The van der Waals surface area contributed by atoms with Gasteiger partial charge < -0.3 is 9.84 Å². The van der Waals surface area contributed by atoms with Crippen molar-refractivity contribution in [2.24, 2.45) is 0 Å². The Labute approximate surface area is 257 Å². The molecule has 0 aromatic heterocycles. The second kappa shape index (κ2) is 39.0. The summed E-state index contributed by atoms with van der Waals surface area (Å²) in [5, 5.41) is 7.42. The highest BCUT2D eigenvalue weighted by atomic mass is 16.5. The lowest BCUT2D eigenvalue weighted by atomic mass is 10.1. The van der Waals surface area contributed by atoms with Gasteiger partial charge >= 0.3 is 0 Å². The van der Waals surface area contributed by atoms with Crippen molar-refractivity contribution in [2.75, 3.05) is 7.11 Å². The van der Waals surface area contributed by atoms with E-state index < -0.39 is 5.97 Å². The number of hydrogen-bond acceptors (Lipinski definition) is 3. The highest BCUT2D eigenvalue weighted by molar-refractivity contribution is 5.62. The average molecular weight is 577 g/mol. The highest BCUT2D eigenvalue weighted by Gasteiger charge is 1.93. The Kier molecular flexibility index (Phi) is 41.6. The third-order valence-corrected chi connectivity index (χ3v) is 4.28. The van der Waals surface area contributed by atoms with E-state index in [0.29, 0.717) is 6.47 Å². The lowest BCUT2D eigenvalue weighted by Crippen LogP contribution is -1.85.